The Bertz CT molecular complexity index is 1060. The molecule has 0 unspecified atom stereocenters. The fourth-order valence-electron chi connectivity index (χ4n) is 4.37. The minimum atomic E-state index is -2.65. The van der Waals surface area contributed by atoms with Crippen LogP contribution in [-0.2, 0) is 6.54 Å². The van der Waals surface area contributed by atoms with E-state index in [9.17, 15) is 8.78 Å². The van der Waals surface area contributed by atoms with Crippen molar-refractivity contribution in [2.75, 3.05) is 57.6 Å². The molecule has 1 fully saturated rings. The Morgan fingerprint density at radius 1 is 1.03 bits per heavy atom. The van der Waals surface area contributed by atoms with Gasteiger partial charge in [-0.25, -0.2) is 13.2 Å². The van der Waals surface area contributed by atoms with E-state index in [-0.39, 0.29) is 17.9 Å². The topological polar surface area (TPSA) is 37.7 Å². The van der Waals surface area contributed by atoms with Crippen molar-refractivity contribution in [1.82, 2.24) is 14.2 Å². The molecule has 0 aliphatic carbocycles. The maximum atomic E-state index is 15.2. The number of alkyl halides is 2. The predicted molar refractivity (Wildman–Crippen MR) is 142 cm³/mol. The van der Waals surface area contributed by atoms with Gasteiger partial charge in [0.1, 0.15) is 11.5 Å². The van der Waals surface area contributed by atoms with Crippen LogP contribution in [-0.4, -0.2) is 84.6 Å². The van der Waals surface area contributed by atoms with Gasteiger partial charge in [-0.05, 0) is 44.5 Å². The normalized spacial score (nSPS) is 17.1. The van der Waals surface area contributed by atoms with Crippen LogP contribution < -0.4 is 5.01 Å². The zero-order valence-corrected chi connectivity index (χ0v) is 21.6. The predicted octanol–water partition coefficient (Wildman–Crippen LogP) is 4.78. The van der Waals surface area contributed by atoms with E-state index in [1.165, 1.54) is 6.07 Å². The van der Waals surface area contributed by atoms with E-state index >= 15 is 4.39 Å². The average Bonchev–Trinajstić information content (AvgIpc) is 3.39. The largest absolute Gasteiger partial charge is 0.304 e. The van der Waals surface area contributed by atoms with Crippen LogP contribution >= 0.6 is 11.9 Å². The molecule has 0 saturated carbocycles. The molecule has 1 saturated heterocycles. The average molecular weight is 519 g/mol. The number of likely N-dealkylation sites (N-methyl/N-ethyl adjacent to an activating group) is 1. The number of hydrazine groups is 1. The highest BCUT2D eigenvalue weighted by molar-refractivity contribution is 7.96. The molecule has 2 aromatic carbocycles. The molecule has 194 valence electrons. The highest BCUT2D eigenvalue weighted by Gasteiger charge is 2.23. The van der Waals surface area contributed by atoms with E-state index < -0.39 is 6.43 Å². The lowest BCUT2D eigenvalue weighted by Gasteiger charge is -2.36. The Labute approximate surface area is 215 Å². The molecule has 0 aromatic heterocycles. The molecule has 0 atom stereocenters. The van der Waals surface area contributed by atoms with Crippen LogP contribution in [0.1, 0.15) is 24.0 Å². The number of hydrogen-bond acceptors (Lipinski definition) is 7. The number of benzene rings is 2. The summed E-state index contributed by atoms with van der Waals surface area (Å²) in [5.41, 5.74) is 2.07. The molecule has 0 N–H and O–H groups in total. The van der Waals surface area contributed by atoms with Gasteiger partial charge in [-0.1, -0.05) is 42.3 Å². The van der Waals surface area contributed by atoms with E-state index in [0.717, 1.165) is 51.4 Å². The van der Waals surface area contributed by atoms with Crippen molar-refractivity contribution in [2.45, 2.75) is 25.8 Å². The highest BCUT2D eigenvalue weighted by atomic mass is 32.2. The van der Waals surface area contributed by atoms with Gasteiger partial charge in [-0.3, -0.25) is 5.01 Å². The molecule has 0 spiro atoms. The lowest BCUT2D eigenvalue weighted by atomic mass is 10.0. The van der Waals surface area contributed by atoms with Gasteiger partial charge in [0.05, 0.1) is 17.9 Å². The lowest BCUT2D eigenvalue weighted by Crippen LogP contribution is -2.45. The first-order chi connectivity index (χ1) is 17.4. The third-order valence-corrected chi connectivity index (χ3v) is 7.36. The van der Waals surface area contributed by atoms with Crippen LogP contribution in [0.2, 0.25) is 0 Å². The smallest absolute Gasteiger partial charge is 0.278 e. The van der Waals surface area contributed by atoms with Gasteiger partial charge in [0.2, 0.25) is 0 Å². The third kappa shape index (κ3) is 6.88. The van der Waals surface area contributed by atoms with Gasteiger partial charge in [0.15, 0.2) is 0 Å². The number of hydrogen-bond donors (Lipinski definition) is 0. The standard InChI is InChI=1S/C26H33F3N6S/c1-32-13-15-33(16-14-32)11-6-12-35(36-2)34(22-7-4-3-5-8-22)19-21-10-9-20(17-23(21)27)24-18-25(26(28)29)31-30-24/h3-5,7-10,17,26H,6,11-16,18-19H2,1-2H3. The van der Waals surface area contributed by atoms with Gasteiger partial charge in [-0.15, -0.1) is 0 Å². The Morgan fingerprint density at radius 2 is 1.78 bits per heavy atom. The van der Waals surface area contributed by atoms with Crippen molar-refractivity contribution in [2.24, 2.45) is 10.2 Å². The van der Waals surface area contributed by atoms with E-state index in [4.69, 9.17) is 0 Å². The fourth-order valence-corrected chi connectivity index (χ4v) is 5.04. The van der Waals surface area contributed by atoms with Crippen LogP contribution in [0.25, 0.3) is 0 Å². The Balaban J connectivity index is 1.44. The summed E-state index contributed by atoms with van der Waals surface area (Å²) in [7, 11) is 2.16. The van der Waals surface area contributed by atoms with Gasteiger partial charge >= 0.3 is 0 Å². The minimum absolute atomic E-state index is 0.0554. The summed E-state index contributed by atoms with van der Waals surface area (Å²) in [4.78, 5) is 4.85. The number of para-hydroxylation sites is 1. The Hall–Kier alpha value is -2.40. The molecule has 0 amide bonds. The van der Waals surface area contributed by atoms with Crippen molar-refractivity contribution in [3.05, 3.63) is 65.5 Å². The van der Waals surface area contributed by atoms with Gasteiger partial charge < -0.3 is 9.80 Å². The summed E-state index contributed by atoms with van der Waals surface area (Å²) in [6.07, 6.45) is 0.329. The zero-order chi connectivity index (χ0) is 25.5. The molecule has 2 aliphatic heterocycles. The van der Waals surface area contributed by atoms with Gasteiger partial charge in [0, 0.05) is 50.3 Å². The van der Waals surface area contributed by atoms with Crippen LogP contribution in [0.3, 0.4) is 0 Å². The summed E-state index contributed by atoms with van der Waals surface area (Å²) < 4.78 is 43.2. The Morgan fingerprint density at radius 3 is 2.42 bits per heavy atom. The van der Waals surface area contributed by atoms with Crippen molar-refractivity contribution in [1.29, 1.82) is 0 Å². The first kappa shape index (κ1) is 26.7. The maximum Gasteiger partial charge on any atom is 0.278 e. The minimum Gasteiger partial charge on any atom is -0.304 e. The fraction of sp³-hybridized carbons (Fsp3) is 0.462. The van der Waals surface area contributed by atoms with Crippen molar-refractivity contribution in [3.8, 4) is 0 Å². The second kappa shape index (κ2) is 12.7. The molecule has 2 aliphatic rings. The second-order valence-corrected chi connectivity index (χ2v) is 9.86. The van der Waals surface area contributed by atoms with Gasteiger partial charge in [0.25, 0.3) is 6.43 Å². The third-order valence-electron chi connectivity index (χ3n) is 6.56. The highest BCUT2D eigenvalue weighted by Crippen LogP contribution is 2.26. The van der Waals surface area contributed by atoms with E-state index in [1.54, 1.807) is 24.1 Å². The first-order valence-electron chi connectivity index (χ1n) is 12.2. The van der Waals surface area contributed by atoms with Crippen LogP contribution in [0.5, 0.6) is 0 Å². The molecule has 4 rings (SSSR count). The summed E-state index contributed by atoms with van der Waals surface area (Å²) in [5.74, 6) is -0.389. The summed E-state index contributed by atoms with van der Waals surface area (Å²) in [5, 5.41) is 9.47. The molecular weight excluding hydrogens is 485 g/mol. The maximum absolute atomic E-state index is 15.2. The number of anilines is 1. The lowest BCUT2D eigenvalue weighted by molar-refractivity contribution is 0.150. The van der Waals surface area contributed by atoms with Crippen molar-refractivity contribution < 1.29 is 13.2 Å². The molecular formula is C26H33F3N6S. The van der Waals surface area contributed by atoms with Crippen molar-refractivity contribution in [3.63, 3.8) is 0 Å². The van der Waals surface area contributed by atoms with E-state index in [1.807, 2.05) is 36.6 Å². The molecule has 6 nitrogen and oxygen atoms in total. The SMILES string of the molecule is CSN(CCCN1CCN(C)CC1)N(Cc1ccc(C2=NN=C(C(F)F)C2)cc1F)c1ccccc1. The summed E-state index contributed by atoms with van der Waals surface area (Å²) in [6.45, 7) is 6.57. The number of nitrogens with zero attached hydrogens (tertiary/aromatic N) is 6. The van der Waals surface area contributed by atoms with Gasteiger partial charge in [-0.2, -0.15) is 14.6 Å². The molecule has 0 radical (unpaired) electrons. The molecule has 2 heterocycles. The zero-order valence-electron chi connectivity index (χ0n) is 20.8. The van der Waals surface area contributed by atoms with Crippen molar-refractivity contribution >= 4 is 29.1 Å². The second-order valence-electron chi connectivity index (χ2n) is 9.07. The molecule has 36 heavy (non-hydrogen) atoms. The van der Waals surface area contributed by atoms with E-state index in [0.29, 0.717) is 23.4 Å². The summed E-state index contributed by atoms with van der Waals surface area (Å²) >= 11 is 1.62. The monoisotopic (exact) mass is 518 g/mol. The van der Waals surface area contributed by atoms with Crippen LogP contribution in [0, 0.1) is 5.82 Å². The number of rotatable bonds is 11. The first-order valence-corrected chi connectivity index (χ1v) is 13.4. The summed E-state index contributed by atoms with van der Waals surface area (Å²) in [6, 6.07) is 14.8. The Kier molecular flexibility index (Phi) is 9.41. The van der Waals surface area contributed by atoms with Crippen LogP contribution in [0.15, 0.2) is 58.7 Å². The van der Waals surface area contributed by atoms with E-state index in [2.05, 4.69) is 36.5 Å². The number of halogens is 3. The molecule has 10 heteroatoms. The molecule has 2 aromatic rings. The van der Waals surface area contributed by atoms with Crippen LogP contribution in [0.4, 0.5) is 18.9 Å². The molecule has 0 bridgehead atoms. The number of piperazine rings is 1. The quantitative estimate of drug-likeness (QED) is 0.316.